The molecular weight excluding hydrogens is 796 g/mol. The topological polar surface area (TPSA) is 116 Å². The lowest BCUT2D eigenvalue weighted by Crippen LogP contribution is -2.21. The van der Waals surface area contributed by atoms with Crippen molar-refractivity contribution >= 4 is 39.4 Å². The molecule has 58 heavy (non-hydrogen) atoms. The average Bonchev–Trinajstić information content (AvgIpc) is 3.24. The minimum atomic E-state index is -0.842. The van der Waals surface area contributed by atoms with Gasteiger partial charge in [-0.1, -0.05) is 151 Å². The highest BCUT2D eigenvalue weighted by molar-refractivity contribution is 9.09. The molecule has 0 fully saturated rings. The molecule has 2 atom stereocenters. The molecule has 4 aromatic carbocycles. The molecule has 316 valence electrons. The van der Waals surface area contributed by atoms with Crippen LogP contribution in [-0.2, 0) is 44.7 Å². The van der Waals surface area contributed by atoms with Gasteiger partial charge in [-0.05, 0) is 77.8 Å². The first-order valence-corrected chi connectivity index (χ1v) is 21.0. The van der Waals surface area contributed by atoms with Gasteiger partial charge in [-0.2, -0.15) is 0 Å². The van der Waals surface area contributed by atoms with Crippen molar-refractivity contribution in [1.29, 1.82) is 0 Å². The molecule has 4 aromatic rings. The van der Waals surface area contributed by atoms with Crippen molar-refractivity contribution in [2.45, 2.75) is 124 Å². The summed E-state index contributed by atoms with van der Waals surface area (Å²) in [4.78, 5) is 47.2. The second-order valence-electron chi connectivity index (χ2n) is 13.5. The number of benzene rings is 4. The van der Waals surface area contributed by atoms with Crippen LogP contribution in [0.15, 0.2) is 84.9 Å². The fourth-order valence-electron chi connectivity index (χ4n) is 6.19. The highest BCUT2D eigenvalue weighted by Crippen LogP contribution is 2.34. The lowest BCUT2D eigenvalue weighted by Gasteiger charge is -2.23. The van der Waals surface area contributed by atoms with Crippen molar-refractivity contribution in [2.24, 2.45) is 0 Å². The standard InChI is InChI=1S/C24H30O4.C15H22O2.C9H9BrO2.CH4/c1-5-11-18-15-20(21(25)7-3)16-19(12-6-2)22(18)28-23(24(26)27-4)17-13-9-8-10-14-17;1-4-7-11-9-13(14(16)6-3)10-12(8-5-2)15(11)17;1-12-9(11)8(10)7-5-3-2-4-6-7;/h8-10,13-16,23H,5-7,11-12H2,1-4H3;9-10,17H,4-8H2,1-3H3;2-6,8H,1H3;1H4. The van der Waals surface area contributed by atoms with Gasteiger partial charge in [-0.25, -0.2) is 4.79 Å². The third-order valence-electron chi connectivity index (χ3n) is 9.13. The Morgan fingerprint density at radius 1 is 0.569 bits per heavy atom. The number of aryl methyl sites for hydroxylation is 4. The second kappa shape index (κ2) is 27.8. The fourth-order valence-corrected chi connectivity index (χ4v) is 6.68. The largest absolute Gasteiger partial charge is 0.507 e. The predicted molar refractivity (Wildman–Crippen MR) is 238 cm³/mol. The van der Waals surface area contributed by atoms with Gasteiger partial charge in [0.15, 0.2) is 11.6 Å². The van der Waals surface area contributed by atoms with Crippen molar-refractivity contribution in [2.75, 3.05) is 14.2 Å². The zero-order valence-electron chi connectivity index (χ0n) is 35.0. The molecule has 0 aliphatic heterocycles. The van der Waals surface area contributed by atoms with Crippen LogP contribution in [0.25, 0.3) is 0 Å². The lowest BCUT2D eigenvalue weighted by atomic mass is 9.95. The Morgan fingerprint density at radius 2 is 0.931 bits per heavy atom. The van der Waals surface area contributed by atoms with Crippen molar-refractivity contribution in [3.05, 3.63) is 129 Å². The van der Waals surface area contributed by atoms with Gasteiger partial charge in [0.2, 0.25) is 6.10 Å². The number of rotatable bonds is 18. The maximum absolute atomic E-state index is 12.5. The van der Waals surface area contributed by atoms with Crippen molar-refractivity contribution in [3.63, 3.8) is 0 Å². The molecule has 0 bridgehead atoms. The third-order valence-corrected chi connectivity index (χ3v) is 10.0. The molecule has 4 rings (SSSR count). The number of carbonyl (C=O) groups excluding carboxylic acids is 4. The molecule has 9 heteroatoms. The third kappa shape index (κ3) is 15.5. The van der Waals surface area contributed by atoms with Crippen molar-refractivity contribution in [1.82, 2.24) is 0 Å². The summed E-state index contributed by atoms with van der Waals surface area (Å²) in [5.41, 5.74) is 6.88. The van der Waals surface area contributed by atoms with Gasteiger partial charge >= 0.3 is 11.9 Å². The number of carbonyl (C=O) groups is 4. The van der Waals surface area contributed by atoms with Gasteiger partial charge in [0.25, 0.3) is 0 Å². The van der Waals surface area contributed by atoms with E-state index in [9.17, 15) is 24.3 Å². The number of ketones is 2. The monoisotopic (exact) mass is 860 g/mol. The van der Waals surface area contributed by atoms with Crippen molar-refractivity contribution < 1.29 is 38.5 Å². The normalized spacial score (nSPS) is 11.3. The van der Waals surface area contributed by atoms with Crippen LogP contribution in [0.5, 0.6) is 11.5 Å². The van der Waals surface area contributed by atoms with Crippen LogP contribution in [-0.4, -0.2) is 42.8 Å². The molecule has 0 saturated carbocycles. The first-order valence-electron chi connectivity index (χ1n) is 20.1. The van der Waals surface area contributed by atoms with E-state index in [1.165, 1.54) is 14.2 Å². The van der Waals surface area contributed by atoms with E-state index >= 15 is 0 Å². The van der Waals surface area contributed by atoms with Crippen LogP contribution in [0.1, 0.15) is 153 Å². The molecule has 0 aliphatic carbocycles. The SMILES string of the molecule is C.CCCc1cc(C(=O)CC)cc(CCC)c1O.CCCc1cc(C(=O)CC)cc(CCC)c1OC(C(=O)OC)c1ccccc1.COC(=O)C(Br)c1ccccc1. The van der Waals surface area contributed by atoms with Crippen LogP contribution in [0, 0.1) is 0 Å². The van der Waals surface area contributed by atoms with Crippen LogP contribution < -0.4 is 4.74 Å². The number of phenolic OH excluding ortho intramolecular Hbond substituents is 1. The minimum Gasteiger partial charge on any atom is -0.507 e. The van der Waals surface area contributed by atoms with E-state index in [-0.39, 0.29) is 29.8 Å². The van der Waals surface area contributed by atoms with Gasteiger partial charge in [0.05, 0.1) is 14.2 Å². The Balaban J connectivity index is 0.000000476. The molecule has 2 unspecified atom stereocenters. The van der Waals surface area contributed by atoms with E-state index in [2.05, 4.69) is 48.4 Å². The van der Waals surface area contributed by atoms with Gasteiger partial charge in [-0.15, -0.1) is 0 Å². The Labute approximate surface area is 355 Å². The second-order valence-corrected chi connectivity index (χ2v) is 14.5. The lowest BCUT2D eigenvalue weighted by molar-refractivity contribution is -0.149. The number of hydrogen-bond acceptors (Lipinski definition) is 8. The maximum Gasteiger partial charge on any atom is 0.351 e. The first kappa shape index (κ1) is 51.3. The van der Waals surface area contributed by atoms with Crippen LogP contribution in [0.2, 0.25) is 0 Å². The summed E-state index contributed by atoms with van der Waals surface area (Å²) in [7, 11) is 2.74. The Bertz CT molecular complexity index is 1800. The number of methoxy groups -OCH3 is 2. The highest BCUT2D eigenvalue weighted by Gasteiger charge is 2.26. The predicted octanol–water partition coefficient (Wildman–Crippen LogP) is 12.3. The number of phenols is 1. The summed E-state index contributed by atoms with van der Waals surface area (Å²) < 4.78 is 15.9. The smallest absolute Gasteiger partial charge is 0.351 e. The summed E-state index contributed by atoms with van der Waals surface area (Å²) in [6.45, 7) is 12.1. The number of hydrogen-bond donors (Lipinski definition) is 1. The molecule has 0 amide bonds. The van der Waals surface area contributed by atoms with Gasteiger partial charge in [0.1, 0.15) is 16.3 Å². The molecule has 0 spiro atoms. The number of Topliss-reactive ketones (excluding diaryl/α,β-unsaturated/α-hetero) is 2. The Hall–Kier alpha value is -4.76. The number of ether oxygens (including phenoxy) is 3. The van der Waals surface area contributed by atoms with Crippen LogP contribution >= 0.6 is 15.9 Å². The van der Waals surface area contributed by atoms with E-state index in [0.717, 1.165) is 95.9 Å². The summed E-state index contributed by atoms with van der Waals surface area (Å²) in [6, 6.07) is 26.3. The molecule has 0 radical (unpaired) electrons. The number of aromatic hydroxyl groups is 1. The van der Waals surface area contributed by atoms with Gasteiger partial charge in [0, 0.05) is 29.5 Å². The van der Waals surface area contributed by atoms with E-state index in [1.807, 2.05) is 98.8 Å². The summed E-state index contributed by atoms with van der Waals surface area (Å²) in [6.07, 6.45) is 7.13. The number of alkyl halides is 1. The summed E-state index contributed by atoms with van der Waals surface area (Å²) >= 11 is 3.24. The first-order chi connectivity index (χ1) is 27.4. The Kier molecular flexibility index (Phi) is 24.6. The quantitative estimate of drug-likeness (QED) is 0.0597. The molecule has 8 nitrogen and oxygen atoms in total. The van der Waals surface area contributed by atoms with E-state index in [1.54, 1.807) is 0 Å². The van der Waals surface area contributed by atoms with Crippen LogP contribution in [0.4, 0.5) is 0 Å². The molecule has 0 aliphatic rings. The number of halogens is 1. The molecule has 0 aromatic heterocycles. The summed E-state index contributed by atoms with van der Waals surface area (Å²) in [5, 5.41) is 10.1. The van der Waals surface area contributed by atoms with Crippen molar-refractivity contribution in [3.8, 4) is 11.5 Å². The van der Waals surface area contributed by atoms with E-state index < -0.39 is 12.1 Å². The van der Waals surface area contributed by atoms with E-state index in [0.29, 0.717) is 24.3 Å². The zero-order chi connectivity index (χ0) is 42.3. The fraction of sp³-hybridized carbons (Fsp3) is 0.429. The molecule has 1 N–H and O–H groups in total. The molecule has 0 heterocycles. The Morgan fingerprint density at radius 3 is 1.29 bits per heavy atom. The summed E-state index contributed by atoms with van der Waals surface area (Å²) in [5.74, 6) is 0.650. The number of esters is 2. The average molecular weight is 862 g/mol. The molecule has 0 saturated heterocycles. The van der Waals surface area contributed by atoms with E-state index in [4.69, 9.17) is 9.47 Å². The minimum absolute atomic E-state index is 0. The van der Waals surface area contributed by atoms with Gasteiger partial charge < -0.3 is 19.3 Å². The molecular formula is C49H65BrO8. The zero-order valence-corrected chi connectivity index (χ0v) is 36.6. The maximum atomic E-state index is 12.5. The van der Waals surface area contributed by atoms with Gasteiger partial charge in [-0.3, -0.25) is 14.4 Å². The highest BCUT2D eigenvalue weighted by atomic mass is 79.9. The van der Waals surface area contributed by atoms with Crippen LogP contribution in [0.3, 0.4) is 0 Å².